The maximum Gasteiger partial charge on any atom is 0.151 e. The highest BCUT2D eigenvalue weighted by molar-refractivity contribution is 5.45. The van der Waals surface area contributed by atoms with Crippen molar-refractivity contribution in [3.05, 3.63) is 34.8 Å². The summed E-state index contributed by atoms with van der Waals surface area (Å²) in [5.41, 5.74) is 5.27. The van der Waals surface area contributed by atoms with E-state index in [9.17, 15) is 0 Å². The minimum Gasteiger partial charge on any atom is -0.352 e. The minimum atomic E-state index is 0.576. The Labute approximate surface area is 155 Å². The van der Waals surface area contributed by atoms with Gasteiger partial charge in [0.05, 0.1) is 11.4 Å². The zero-order chi connectivity index (χ0) is 17.5. The lowest BCUT2D eigenvalue weighted by Gasteiger charge is -2.44. The van der Waals surface area contributed by atoms with Gasteiger partial charge in [0.25, 0.3) is 0 Å². The number of aryl methyl sites for hydroxylation is 4. The number of nitrogens with zero attached hydrogens (tertiary/aromatic N) is 6. The molecule has 2 aromatic heterocycles. The summed E-state index contributed by atoms with van der Waals surface area (Å²) in [6, 6.07) is 5.16. The molecule has 26 heavy (non-hydrogen) atoms. The van der Waals surface area contributed by atoms with Gasteiger partial charge in [-0.25, -0.2) is 0 Å². The van der Waals surface area contributed by atoms with Crippen LogP contribution in [-0.4, -0.2) is 51.1 Å². The Kier molecular flexibility index (Phi) is 4.15. The first-order valence-corrected chi connectivity index (χ1v) is 10.1. The van der Waals surface area contributed by atoms with Gasteiger partial charge in [-0.2, -0.15) is 10.2 Å². The normalized spacial score (nSPS) is 20.0. The Morgan fingerprint density at radius 2 is 1.88 bits per heavy atom. The quantitative estimate of drug-likeness (QED) is 0.844. The molecule has 0 amide bonds. The first-order valence-electron chi connectivity index (χ1n) is 10.1. The average molecular weight is 352 g/mol. The molecule has 5 rings (SSSR count). The van der Waals surface area contributed by atoms with Crippen molar-refractivity contribution in [2.24, 2.45) is 0 Å². The Hall–Kier alpha value is -1.95. The van der Waals surface area contributed by atoms with E-state index in [4.69, 9.17) is 5.10 Å². The highest BCUT2D eigenvalue weighted by atomic mass is 15.4. The minimum absolute atomic E-state index is 0.576. The highest BCUT2D eigenvalue weighted by Crippen LogP contribution is 2.26. The van der Waals surface area contributed by atoms with Crippen LogP contribution < -0.4 is 4.90 Å². The molecule has 6 nitrogen and oxygen atoms in total. The van der Waals surface area contributed by atoms with E-state index in [-0.39, 0.29) is 0 Å². The number of fused-ring (bicyclic) bond motifs is 2. The van der Waals surface area contributed by atoms with E-state index in [2.05, 4.69) is 43.9 Å². The predicted octanol–water partition coefficient (Wildman–Crippen LogP) is 2.21. The third kappa shape index (κ3) is 3.00. The van der Waals surface area contributed by atoms with E-state index in [0.717, 1.165) is 38.4 Å². The van der Waals surface area contributed by atoms with Crippen LogP contribution in [0, 0.1) is 0 Å². The molecule has 0 atom stereocenters. The fourth-order valence-electron chi connectivity index (χ4n) is 4.49. The number of rotatable bonds is 4. The molecule has 2 aliphatic heterocycles. The molecule has 138 valence electrons. The highest BCUT2D eigenvalue weighted by Gasteiger charge is 2.32. The van der Waals surface area contributed by atoms with Gasteiger partial charge in [-0.15, -0.1) is 5.10 Å². The maximum atomic E-state index is 4.80. The van der Waals surface area contributed by atoms with Crippen LogP contribution in [0.5, 0.6) is 0 Å². The summed E-state index contributed by atoms with van der Waals surface area (Å²) in [7, 11) is 2.22. The van der Waals surface area contributed by atoms with E-state index in [1.165, 1.54) is 61.2 Å². The predicted molar refractivity (Wildman–Crippen MR) is 101 cm³/mol. The number of anilines is 1. The monoisotopic (exact) mass is 352 g/mol. The standard InChI is InChI=1S/C20H28N6/c1-24(12-16-11-17-7-4-5-9-26(17)23-16)18-13-25(14-18)20-10-15-6-2-3-8-19(15)21-22-20/h10-11,18H,2-9,12-14H2,1H3. The van der Waals surface area contributed by atoms with Crippen LogP contribution >= 0.6 is 0 Å². The van der Waals surface area contributed by atoms with E-state index in [1.54, 1.807) is 0 Å². The summed E-state index contributed by atoms with van der Waals surface area (Å²) in [5.74, 6) is 1.06. The van der Waals surface area contributed by atoms with Crippen molar-refractivity contribution < 1.29 is 0 Å². The van der Waals surface area contributed by atoms with Gasteiger partial charge in [0, 0.05) is 37.9 Å². The molecule has 1 aliphatic carbocycles. The molecule has 0 N–H and O–H groups in total. The SMILES string of the molecule is CN(Cc1cc2n(n1)CCCC2)C1CN(c2cc3c(nn2)CCCC3)C1. The average Bonchev–Trinajstić information content (AvgIpc) is 3.02. The first-order chi connectivity index (χ1) is 12.8. The number of hydrogen-bond acceptors (Lipinski definition) is 5. The lowest BCUT2D eigenvalue weighted by molar-refractivity contribution is 0.194. The molecular weight excluding hydrogens is 324 g/mol. The maximum absolute atomic E-state index is 4.80. The fourth-order valence-corrected chi connectivity index (χ4v) is 4.49. The van der Waals surface area contributed by atoms with Crippen molar-refractivity contribution in [3.63, 3.8) is 0 Å². The van der Waals surface area contributed by atoms with Gasteiger partial charge in [0.15, 0.2) is 5.82 Å². The summed E-state index contributed by atoms with van der Waals surface area (Å²) in [6.45, 7) is 4.11. The van der Waals surface area contributed by atoms with Crippen LogP contribution in [0.4, 0.5) is 5.82 Å². The molecule has 4 heterocycles. The summed E-state index contributed by atoms with van der Waals surface area (Å²) in [4.78, 5) is 4.80. The fraction of sp³-hybridized carbons (Fsp3) is 0.650. The van der Waals surface area contributed by atoms with Gasteiger partial charge in [0.1, 0.15) is 0 Å². The second-order valence-corrected chi connectivity index (χ2v) is 8.16. The molecule has 0 saturated carbocycles. The molecule has 0 radical (unpaired) electrons. The smallest absolute Gasteiger partial charge is 0.151 e. The van der Waals surface area contributed by atoms with Crippen LogP contribution in [0.1, 0.15) is 48.3 Å². The van der Waals surface area contributed by atoms with Crippen molar-refractivity contribution in [2.45, 2.75) is 64.1 Å². The molecule has 0 unspecified atom stereocenters. The number of likely N-dealkylation sites (N-methyl/N-ethyl adjacent to an activating group) is 1. The van der Waals surface area contributed by atoms with Crippen LogP contribution in [0.2, 0.25) is 0 Å². The van der Waals surface area contributed by atoms with E-state index >= 15 is 0 Å². The van der Waals surface area contributed by atoms with Gasteiger partial charge in [-0.3, -0.25) is 9.58 Å². The lowest BCUT2D eigenvalue weighted by Crippen LogP contribution is -2.58. The van der Waals surface area contributed by atoms with Crippen molar-refractivity contribution in [2.75, 3.05) is 25.0 Å². The van der Waals surface area contributed by atoms with Gasteiger partial charge < -0.3 is 4.90 Å². The van der Waals surface area contributed by atoms with Crippen molar-refractivity contribution >= 4 is 5.82 Å². The van der Waals surface area contributed by atoms with Crippen molar-refractivity contribution in [1.82, 2.24) is 24.9 Å². The molecule has 0 spiro atoms. The number of hydrogen-bond donors (Lipinski definition) is 0. The second kappa shape index (κ2) is 6.65. The second-order valence-electron chi connectivity index (χ2n) is 8.16. The third-order valence-electron chi connectivity index (χ3n) is 6.24. The largest absolute Gasteiger partial charge is 0.352 e. The van der Waals surface area contributed by atoms with Crippen LogP contribution in [-0.2, 0) is 32.4 Å². The van der Waals surface area contributed by atoms with Gasteiger partial charge in [0.2, 0.25) is 0 Å². The van der Waals surface area contributed by atoms with E-state index in [1.807, 2.05) is 0 Å². The molecular formula is C20H28N6. The Balaban J connectivity index is 1.19. The van der Waals surface area contributed by atoms with Crippen molar-refractivity contribution in [1.29, 1.82) is 0 Å². The summed E-state index contributed by atoms with van der Waals surface area (Å²) in [6.07, 6.45) is 8.57. The van der Waals surface area contributed by atoms with Gasteiger partial charge in [-0.05, 0) is 69.7 Å². The van der Waals surface area contributed by atoms with Gasteiger partial charge >= 0.3 is 0 Å². The molecule has 0 bridgehead atoms. The van der Waals surface area contributed by atoms with E-state index < -0.39 is 0 Å². The number of aromatic nitrogens is 4. The lowest BCUT2D eigenvalue weighted by atomic mass is 9.96. The summed E-state index contributed by atoms with van der Waals surface area (Å²) in [5, 5.41) is 13.8. The zero-order valence-corrected chi connectivity index (χ0v) is 15.7. The molecule has 3 aliphatic rings. The van der Waals surface area contributed by atoms with E-state index in [0.29, 0.717) is 6.04 Å². The molecule has 2 aromatic rings. The van der Waals surface area contributed by atoms with Crippen LogP contribution in [0.3, 0.4) is 0 Å². The Morgan fingerprint density at radius 1 is 1.04 bits per heavy atom. The van der Waals surface area contributed by atoms with Crippen molar-refractivity contribution in [3.8, 4) is 0 Å². The summed E-state index contributed by atoms with van der Waals surface area (Å²) >= 11 is 0. The Bertz CT molecular complexity index is 768. The molecule has 1 saturated heterocycles. The molecule has 6 heteroatoms. The Morgan fingerprint density at radius 3 is 2.77 bits per heavy atom. The van der Waals surface area contributed by atoms with Gasteiger partial charge in [-0.1, -0.05) is 0 Å². The molecule has 1 fully saturated rings. The topological polar surface area (TPSA) is 50.1 Å². The van der Waals surface area contributed by atoms with Crippen LogP contribution in [0.15, 0.2) is 12.1 Å². The molecule has 0 aromatic carbocycles. The first kappa shape index (κ1) is 16.2. The third-order valence-corrected chi connectivity index (χ3v) is 6.24. The summed E-state index contributed by atoms with van der Waals surface area (Å²) < 4.78 is 2.21. The van der Waals surface area contributed by atoms with Crippen LogP contribution in [0.25, 0.3) is 0 Å². The zero-order valence-electron chi connectivity index (χ0n) is 15.7.